The fraction of sp³-hybridized carbons (Fsp3) is 0.400. The van der Waals surface area contributed by atoms with Crippen molar-refractivity contribution in [2.24, 2.45) is 5.92 Å². The van der Waals surface area contributed by atoms with Gasteiger partial charge in [-0.1, -0.05) is 18.7 Å². The van der Waals surface area contributed by atoms with Crippen molar-refractivity contribution < 1.29 is 9.21 Å². The Kier molecular flexibility index (Phi) is 5.76. The predicted molar refractivity (Wildman–Crippen MR) is 107 cm³/mol. The van der Waals surface area contributed by atoms with Crippen LogP contribution in [0.5, 0.6) is 0 Å². The number of pyridine rings is 1. The van der Waals surface area contributed by atoms with Crippen molar-refractivity contribution in [2.45, 2.75) is 31.5 Å². The van der Waals surface area contributed by atoms with E-state index in [0.29, 0.717) is 23.4 Å². The third kappa shape index (κ3) is 4.27. The van der Waals surface area contributed by atoms with Gasteiger partial charge < -0.3 is 9.32 Å². The van der Waals surface area contributed by atoms with Crippen molar-refractivity contribution in [3.05, 3.63) is 48.7 Å². The van der Waals surface area contributed by atoms with E-state index < -0.39 is 0 Å². The number of aromatic nitrogens is 4. The molecule has 0 aromatic carbocycles. The lowest BCUT2D eigenvalue weighted by Crippen LogP contribution is -2.38. The van der Waals surface area contributed by atoms with Crippen LogP contribution in [0.3, 0.4) is 0 Å². The molecule has 0 spiro atoms. The highest BCUT2D eigenvalue weighted by Gasteiger charge is 2.22. The molecule has 1 fully saturated rings. The maximum Gasteiger partial charge on any atom is 0.233 e. The number of nitrogens with zero attached hydrogens (tertiary/aromatic N) is 5. The molecule has 3 aromatic rings. The largest absolute Gasteiger partial charge is 0.467 e. The van der Waals surface area contributed by atoms with Gasteiger partial charge in [0.25, 0.3) is 0 Å². The standard InChI is InChI=1S/C20H23N5O2S/c1-15-6-10-24(11-7-15)18(26)14-28-20-23-22-19(16-4-8-21-9-5-16)25(20)13-17-3-2-12-27-17/h2-5,8-9,12,15H,6-7,10-11,13-14H2,1H3. The molecule has 8 heteroatoms. The summed E-state index contributed by atoms with van der Waals surface area (Å²) in [5.41, 5.74) is 0.928. The summed E-state index contributed by atoms with van der Waals surface area (Å²) in [6.07, 6.45) is 7.28. The van der Waals surface area contributed by atoms with E-state index in [1.807, 2.05) is 33.7 Å². The summed E-state index contributed by atoms with van der Waals surface area (Å²) in [7, 11) is 0. The molecule has 1 amide bonds. The lowest BCUT2D eigenvalue weighted by molar-refractivity contribution is -0.129. The number of likely N-dealkylation sites (tertiary alicyclic amines) is 1. The van der Waals surface area contributed by atoms with Gasteiger partial charge in [0.15, 0.2) is 11.0 Å². The minimum absolute atomic E-state index is 0.162. The molecule has 7 nitrogen and oxygen atoms in total. The Hall–Kier alpha value is -2.61. The summed E-state index contributed by atoms with van der Waals surface area (Å²) in [5, 5.41) is 9.42. The second-order valence-corrected chi connectivity index (χ2v) is 8.00. The Morgan fingerprint density at radius 3 is 2.71 bits per heavy atom. The Bertz CT molecular complexity index is 902. The number of carbonyl (C=O) groups excluding carboxylic acids is 1. The predicted octanol–water partition coefficient (Wildman–Crippen LogP) is 3.33. The first-order chi connectivity index (χ1) is 13.7. The van der Waals surface area contributed by atoms with Gasteiger partial charge in [0, 0.05) is 31.0 Å². The van der Waals surface area contributed by atoms with E-state index in [0.717, 1.165) is 43.1 Å². The lowest BCUT2D eigenvalue weighted by Gasteiger charge is -2.30. The van der Waals surface area contributed by atoms with Crippen LogP contribution >= 0.6 is 11.8 Å². The summed E-state index contributed by atoms with van der Waals surface area (Å²) in [6, 6.07) is 7.58. The molecule has 1 aliphatic rings. The number of furan rings is 1. The maximum atomic E-state index is 12.6. The highest BCUT2D eigenvalue weighted by atomic mass is 32.2. The third-order valence-corrected chi connectivity index (χ3v) is 5.96. The Morgan fingerprint density at radius 1 is 1.21 bits per heavy atom. The minimum Gasteiger partial charge on any atom is -0.467 e. The highest BCUT2D eigenvalue weighted by Crippen LogP contribution is 2.26. The molecular weight excluding hydrogens is 374 g/mol. The van der Waals surface area contributed by atoms with Crippen LogP contribution in [0, 0.1) is 5.92 Å². The summed E-state index contributed by atoms with van der Waals surface area (Å²) >= 11 is 1.43. The molecule has 0 unspecified atom stereocenters. The van der Waals surface area contributed by atoms with E-state index in [1.165, 1.54) is 11.8 Å². The van der Waals surface area contributed by atoms with E-state index in [4.69, 9.17) is 4.42 Å². The van der Waals surface area contributed by atoms with Crippen LogP contribution in [0.25, 0.3) is 11.4 Å². The molecule has 0 saturated carbocycles. The SMILES string of the molecule is CC1CCN(C(=O)CSc2nnc(-c3ccncc3)n2Cc2ccco2)CC1. The molecule has 1 saturated heterocycles. The van der Waals surface area contributed by atoms with Gasteiger partial charge in [-0.05, 0) is 43.0 Å². The van der Waals surface area contributed by atoms with Crippen molar-refractivity contribution in [1.29, 1.82) is 0 Å². The molecule has 0 atom stereocenters. The summed E-state index contributed by atoms with van der Waals surface area (Å²) in [4.78, 5) is 18.6. The highest BCUT2D eigenvalue weighted by molar-refractivity contribution is 7.99. The molecule has 0 N–H and O–H groups in total. The van der Waals surface area contributed by atoms with Gasteiger partial charge in [-0.3, -0.25) is 14.3 Å². The van der Waals surface area contributed by atoms with Gasteiger partial charge in [-0.15, -0.1) is 10.2 Å². The van der Waals surface area contributed by atoms with Crippen molar-refractivity contribution in [3.63, 3.8) is 0 Å². The topological polar surface area (TPSA) is 77.1 Å². The summed E-state index contributed by atoms with van der Waals surface area (Å²) in [6.45, 7) is 4.45. The summed E-state index contributed by atoms with van der Waals surface area (Å²) < 4.78 is 7.50. The number of carbonyl (C=O) groups is 1. The number of hydrogen-bond acceptors (Lipinski definition) is 6. The van der Waals surface area contributed by atoms with E-state index in [9.17, 15) is 4.79 Å². The van der Waals surface area contributed by atoms with Crippen molar-refractivity contribution >= 4 is 17.7 Å². The molecule has 0 radical (unpaired) electrons. The van der Waals surface area contributed by atoms with Crippen LogP contribution in [0.2, 0.25) is 0 Å². The molecule has 28 heavy (non-hydrogen) atoms. The smallest absolute Gasteiger partial charge is 0.233 e. The number of amides is 1. The first-order valence-electron chi connectivity index (χ1n) is 9.47. The number of thioether (sulfide) groups is 1. The number of hydrogen-bond donors (Lipinski definition) is 0. The van der Waals surface area contributed by atoms with Crippen molar-refractivity contribution in [1.82, 2.24) is 24.6 Å². The van der Waals surface area contributed by atoms with E-state index in [-0.39, 0.29) is 5.91 Å². The normalized spacial score (nSPS) is 15.1. The zero-order valence-corrected chi connectivity index (χ0v) is 16.6. The van der Waals surface area contributed by atoms with Gasteiger partial charge in [-0.2, -0.15) is 0 Å². The van der Waals surface area contributed by atoms with Crippen LogP contribution in [-0.4, -0.2) is 49.4 Å². The van der Waals surface area contributed by atoms with Crippen molar-refractivity contribution in [2.75, 3.05) is 18.8 Å². The molecule has 0 bridgehead atoms. The van der Waals surface area contributed by atoms with Crippen LogP contribution in [0.1, 0.15) is 25.5 Å². The summed E-state index contributed by atoms with van der Waals surface area (Å²) in [5.74, 6) is 2.78. The molecular formula is C20H23N5O2S. The third-order valence-electron chi connectivity index (χ3n) is 5.01. The Labute approximate surface area is 168 Å². The zero-order chi connectivity index (χ0) is 19.3. The monoisotopic (exact) mass is 397 g/mol. The first kappa shape index (κ1) is 18.7. The Balaban J connectivity index is 1.51. The number of rotatable bonds is 6. The fourth-order valence-corrected chi connectivity index (χ4v) is 4.13. The average molecular weight is 398 g/mol. The lowest BCUT2D eigenvalue weighted by atomic mass is 9.99. The average Bonchev–Trinajstić information content (AvgIpc) is 3.38. The second-order valence-electron chi connectivity index (χ2n) is 7.06. The Morgan fingerprint density at radius 2 is 2.00 bits per heavy atom. The quantitative estimate of drug-likeness (QED) is 0.594. The second kappa shape index (κ2) is 8.60. The van der Waals surface area contributed by atoms with Crippen LogP contribution in [0.15, 0.2) is 52.5 Å². The van der Waals surface area contributed by atoms with Gasteiger partial charge in [0.1, 0.15) is 5.76 Å². The van der Waals surface area contributed by atoms with Crippen LogP contribution < -0.4 is 0 Å². The molecule has 4 heterocycles. The molecule has 3 aromatic heterocycles. The molecule has 4 rings (SSSR count). The van der Waals surface area contributed by atoms with Crippen molar-refractivity contribution in [3.8, 4) is 11.4 Å². The van der Waals surface area contributed by atoms with E-state index >= 15 is 0 Å². The van der Waals surface area contributed by atoms with Gasteiger partial charge in [-0.25, -0.2) is 0 Å². The minimum atomic E-state index is 0.162. The van der Waals surface area contributed by atoms with E-state index in [1.54, 1.807) is 18.7 Å². The van der Waals surface area contributed by atoms with Crippen LogP contribution in [0.4, 0.5) is 0 Å². The first-order valence-corrected chi connectivity index (χ1v) is 10.5. The van der Waals surface area contributed by atoms with Gasteiger partial charge in [0.05, 0.1) is 18.6 Å². The zero-order valence-electron chi connectivity index (χ0n) is 15.8. The molecule has 146 valence electrons. The van der Waals surface area contributed by atoms with Crippen LogP contribution in [-0.2, 0) is 11.3 Å². The van der Waals surface area contributed by atoms with Gasteiger partial charge in [0.2, 0.25) is 5.91 Å². The van der Waals surface area contributed by atoms with E-state index in [2.05, 4.69) is 22.1 Å². The molecule has 1 aliphatic heterocycles. The molecule has 0 aliphatic carbocycles. The fourth-order valence-electron chi connectivity index (χ4n) is 3.29. The number of piperidine rings is 1. The van der Waals surface area contributed by atoms with Gasteiger partial charge >= 0.3 is 0 Å². The maximum absolute atomic E-state index is 12.6.